The van der Waals surface area contributed by atoms with Crippen LogP contribution in [0.3, 0.4) is 0 Å². The summed E-state index contributed by atoms with van der Waals surface area (Å²) in [5, 5.41) is 17.0. The third kappa shape index (κ3) is 2.56. The van der Waals surface area contributed by atoms with E-state index >= 15 is 0 Å². The van der Waals surface area contributed by atoms with Crippen molar-refractivity contribution in [3.63, 3.8) is 0 Å². The highest BCUT2D eigenvalue weighted by molar-refractivity contribution is 7.84. The van der Waals surface area contributed by atoms with Gasteiger partial charge in [-0.15, -0.1) is 5.10 Å². The Morgan fingerprint density at radius 3 is 2.94 bits per heavy atom. The van der Waals surface area contributed by atoms with Gasteiger partial charge in [-0.25, -0.2) is 9.48 Å². The number of hydrogen-bond acceptors (Lipinski definition) is 4. The molecule has 1 unspecified atom stereocenters. The molecule has 96 valence electrons. The van der Waals surface area contributed by atoms with E-state index in [9.17, 15) is 9.00 Å². The van der Waals surface area contributed by atoms with E-state index in [0.29, 0.717) is 29.8 Å². The van der Waals surface area contributed by atoms with E-state index in [0.717, 1.165) is 0 Å². The summed E-state index contributed by atoms with van der Waals surface area (Å²) in [5.74, 6) is -0.431. The second-order valence-corrected chi connectivity index (χ2v) is 5.48. The summed E-state index contributed by atoms with van der Waals surface area (Å²) in [6.45, 7) is 0.514. The number of carboxylic acids is 1. The Morgan fingerprint density at radius 2 is 2.28 bits per heavy atom. The average Bonchev–Trinajstić information content (AvgIpc) is 2.72. The molecule has 0 aliphatic heterocycles. The molecular weight excluding hydrogens is 254 g/mol. The van der Waals surface area contributed by atoms with Gasteiger partial charge in [0.15, 0.2) is 0 Å². The standard InChI is InChI=1S/C11H13N3O3S/c1-18(17)7-3-6-14-10-8(11(15)16)4-2-5-9(10)12-13-14/h2,4-5H,3,6-7H2,1H3,(H,15,16). The molecule has 0 saturated carbocycles. The molecule has 0 bridgehead atoms. The van der Waals surface area contributed by atoms with E-state index in [-0.39, 0.29) is 5.56 Å². The zero-order chi connectivity index (χ0) is 13.1. The van der Waals surface area contributed by atoms with Crippen molar-refractivity contribution in [3.8, 4) is 0 Å². The fourth-order valence-corrected chi connectivity index (χ4v) is 2.31. The monoisotopic (exact) mass is 267 g/mol. The van der Waals surface area contributed by atoms with Crippen LogP contribution < -0.4 is 0 Å². The molecule has 0 spiro atoms. The lowest BCUT2D eigenvalue weighted by molar-refractivity contribution is 0.0698. The molecule has 0 amide bonds. The molecule has 0 aliphatic rings. The van der Waals surface area contributed by atoms with Gasteiger partial charge in [0.05, 0.1) is 5.56 Å². The third-order valence-electron chi connectivity index (χ3n) is 2.57. The fourth-order valence-electron chi connectivity index (χ4n) is 1.78. The van der Waals surface area contributed by atoms with Crippen molar-refractivity contribution in [2.24, 2.45) is 0 Å². The van der Waals surface area contributed by atoms with Gasteiger partial charge in [0, 0.05) is 29.4 Å². The Morgan fingerprint density at radius 1 is 1.50 bits per heavy atom. The van der Waals surface area contributed by atoms with Crippen LogP contribution in [-0.2, 0) is 17.3 Å². The summed E-state index contributed by atoms with van der Waals surface area (Å²) in [6.07, 6.45) is 2.32. The Kier molecular flexibility index (Phi) is 3.71. The highest BCUT2D eigenvalue weighted by Gasteiger charge is 2.14. The van der Waals surface area contributed by atoms with E-state index in [4.69, 9.17) is 5.11 Å². The first-order valence-electron chi connectivity index (χ1n) is 5.45. The highest BCUT2D eigenvalue weighted by Crippen LogP contribution is 2.16. The van der Waals surface area contributed by atoms with Crippen LogP contribution in [0.1, 0.15) is 16.8 Å². The van der Waals surface area contributed by atoms with Gasteiger partial charge in [0.2, 0.25) is 0 Å². The maximum Gasteiger partial charge on any atom is 0.337 e. The predicted molar refractivity (Wildman–Crippen MR) is 68.0 cm³/mol. The van der Waals surface area contributed by atoms with E-state index in [1.165, 1.54) is 6.07 Å². The number of aromatic nitrogens is 3. The number of aryl methyl sites for hydroxylation is 1. The van der Waals surface area contributed by atoms with Crippen LogP contribution in [-0.4, -0.2) is 42.3 Å². The first-order valence-corrected chi connectivity index (χ1v) is 7.18. The summed E-state index contributed by atoms with van der Waals surface area (Å²) in [7, 11) is -0.853. The van der Waals surface area contributed by atoms with Crippen molar-refractivity contribution in [2.45, 2.75) is 13.0 Å². The molecule has 1 atom stereocenters. The Hall–Kier alpha value is -1.76. The molecule has 2 rings (SSSR count). The lowest BCUT2D eigenvalue weighted by Gasteiger charge is -2.03. The number of benzene rings is 1. The maximum atomic E-state index is 11.1. The van der Waals surface area contributed by atoms with Crippen molar-refractivity contribution in [3.05, 3.63) is 23.8 Å². The maximum absolute atomic E-state index is 11.1. The number of nitrogens with zero attached hydrogens (tertiary/aromatic N) is 3. The number of carbonyl (C=O) groups is 1. The third-order valence-corrected chi connectivity index (χ3v) is 3.43. The van der Waals surface area contributed by atoms with Gasteiger partial charge >= 0.3 is 5.97 Å². The van der Waals surface area contributed by atoms with Crippen LogP contribution in [0.5, 0.6) is 0 Å². The topological polar surface area (TPSA) is 85.1 Å². The van der Waals surface area contributed by atoms with Crippen LogP contribution in [0.4, 0.5) is 0 Å². The first kappa shape index (κ1) is 12.7. The molecule has 0 saturated heterocycles. The molecule has 1 aromatic carbocycles. The first-order chi connectivity index (χ1) is 8.59. The number of rotatable bonds is 5. The minimum atomic E-state index is -0.997. The second-order valence-electron chi connectivity index (χ2n) is 3.92. The van der Waals surface area contributed by atoms with Crippen LogP contribution in [0.25, 0.3) is 11.0 Å². The van der Waals surface area contributed by atoms with E-state index in [1.807, 2.05) is 0 Å². The summed E-state index contributed by atoms with van der Waals surface area (Å²) in [5.41, 5.74) is 1.27. The summed E-state index contributed by atoms with van der Waals surface area (Å²) in [6, 6.07) is 4.90. The average molecular weight is 267 g/mol. The van der Waals surface area contributed by atoms with Gasteiger partial charge in [-0.1, -0.05) is 11.3 Å². The molecule has 0 aliphatic carbocycles. The van der Waals surface area contributed by atoms with Crippen molar-refractivity contribution < 1.29 is 14.1 Å². The van der Waals surface area contributed by atoms with Crippen LogP contribution in [0.2, 0.25) is 0 Å². The zero-order valence-electron chi connectivity index (χ0n) is 9.87. The van der Waals surface area contributed by atoms with Gasteiger partial charge in [-0.2, -0.15) is 0 Å². The predicted octanol–water partition coefficient (Wildman–Crippen LogP) is 0.898. The van der Waals surface area contributed by atoms with Gasteiger partial charge in [0.25, 0.3) is 0 Å². The van der Waals surface area contributed by atoms with Gasteiger partial charge in [-0.05, 0) is 18.6 Å². The van der Waals surface area contributed by atoms with Crippen molar-refractivity contribution in [1.29, 1.82) is 0 Å². The van der Waals surface area contributed by atoms with Crippen molar-refractivity contribution in [1.82, 2.24) is 15.0 Å². The van der Waals surface area contributed by atoms with E-state index < -0.39 is 16.8 Å². The molecule has 6 nitrogen and oxygen atoms in total. The van der Waals surface area contributed by atoms with Gasteiger partial charge in [0.1, 0.15) is 11.0 Å². The molecule has 7 heteroatoms. The quantitative estimate of drug-likeness (QED) is 0.870. The minimum absolute atomic E-state index is 0.190. The van der Waals surface area contributed by atoms with Crippen molar-refractivity contribution in [2.75, 3.05) is 12.0 Å². The molecule has 18 heavy (non-hydrogen) atoms. The summed E-state index contributed by atoms with van der Waals surface area (Å²) >= 11 is 0. The SMILES string of the molecule is CS(=O)CCCn1nnc2cccc(C(=O)O)c21. The molecule has 1 N–H and O–H groups in total. The number of aromatic carboxylic acids is 1. The lowest BCUT2D eigenvalue weighted by atomic mass is 10.2. The number of carboxylic acid groups (broad SMARTS) is 1. The van der Waals surface area contributed by atoms with E-state index in [1.54, 1.807) is 23.1 Å². The molecular formula is C11H13N3O3S. The molecule has 1 heterocycles. The Balaban J connectivity index is 2.33. The Bertz CT molecular complexity index is 609. The normalized spacial score (nSPS) is 12.7. The highest BCUT2D eigenvalue weighted by atomic mass is 32.2. The second kappa shape index (κ2) is 5.26. The molecule has 0 fully saturated rings. The van der Waals surface area contributed by atoms with E-state index in [2.05, 4.69) is 10.3 Å². The minimum Gasteiger partial charge on any atom is -0.478 e. The largest absolute Gasteiger partial charge is 0.478 e. The summed E-state index contributed by atoms with van der Waals surface area (Å²) < 4.78 is 12.5. The molecule has 2 aromatic rings. The van der Waals surface area contributed by atoms with Crippen LogP contribution in [0, 0.1) is 0 Å². The summed E-state index contributed by atoms with van der Waals surface area (Å²) in [4.78, 5) is 11.1. The van der Waals surface area contributed by atoms with Crippen molar-refractivity contribution >= 4 is 27.8 Å². The Labute approximate surface area is 106 Å². The lowest BCUT2D eigenvalue weighted by Crippen LogP contribution is -2.07. The van der Waals surface area contributed by atoms with Crippen LogP contribution in [0.15, 0.2) is 18.2 Å². The molecule has 1 aromatic heterocycles. The van der Waals surface area contributed by atoms with Gasteiger partial charge in [-0.3, -0.25) is 4.21 Å². The fraction of sp³-hybridized carbons (Fsp3) is 0.364. The number of hydrogen-bond donors (Lipinski definition) is 1. The van der Waals surface area contributed by atoms with Gasteiger partial charge < -0.3 is 5.11 Å². The number of para-hydroxylation sites is 1. The van der Waals surface area contributed by atoms with Crippen LogP contribution >= 0.6 is 0 Å². The smallest absolute Gasteiger partial charge is 0.337 e. The number of fused-ring (bicyclic) bond motifs is 1. The molecule has 0 radical (unpaired) electrons. The zero-order valence-corrected chi connectivity index (χ0v) is 10.7.